The number of nitrogens with one attached hydrogen (secondary N) is 3. The van der Waals surface area contributed by atoms with Crippen LogP contribution >= 0.6 is 11.6 Å². The zero-order chi connectivity index (χ0) is 54.0. The fraction of sp³-hybridized carbons (Fsp3) is 0.436. The minimum atomic E-state index is -3.79. The van der Waals surface area contributed by atoms with E-state index in [0.29, 0.717) is 46.3 Å². The molecule has 390 valence electrons. The summed E-state index contributed by atoms with van der Waals surface area (Å²) in [6, 6.07) is 20.7. The lowest BCUT2D eigenvalue weighted by molar-refractivity contribution is -0.142. The number of carbonyl (C=O) groups is 3. The summed E-state index contributed by atoms with van der Waals surface area (Å²) >= 11 is 6.61. The number of oxazole rings is 1. The van der Waals surface area contributed by atoms with E-state index in [9.17, 15) is 36.5 Å². The van der Waals surface area contributed by atoms with Gasteiger partial charge in [-0.3, -0.25) is 23.9 Å². The molecule has 0 spiro atoms. The number of Topliss-reactive ketones (excluding diaryl/α,β-unsaturated/α-hetero) is 1. The van der Waals surface area contributed by atoms with Gasteiger partial charge in [-0.15, -0.1) is 0 Å². The second-order valence-corrected chi connectivity index (χ2v) is 25.3. The highest BCUT2D eigenvalue weighted by atomic mass is 35.5. The van der Waals surface area contributed by atoms with Crippen LogP contribution in [0.25, 0.3) is 22.7 Å². The molecule has 3 N–H and O–H groups in total. The normalized spacial score (nSPS) is 14.4. The van der Waals surface area contributed by atoms with Gasteiger partial charge in [-0.05, 0) is 126 Å². The van der Waals surface area contributed by atoms with Crippen LogP contribution in [0.1, 0.15) is 140 Å². The quantitative estimate of drug-likeness (QED) is 0.0554. The molecule has 1 aliphatic carbocycles. The van der Waals surface area contributed by atoms with Gasteiger partial charge >= 0.3 is 6.09 Å². The van der Waals surface area contributed by atoms with Gasteiger partial charge in [0, 0.05) is 22.7 Å². The first kappa shape index (κ1) is 56.1. The largest absolute Gasteiger partial charge is 0.435 e. The number of carbonyl (C=O) groups excluding carboxylic acids is 3. The molecule has 6 rings (SSSR count). The van der Waals surface area contributed by atoms with Crippen molar-refractivity contribution in [2.75, 3.05) is 32.2 Å². The maximum Gasteiger partial charge on any atom is 0.415 e. The molecule has 0 bridgehead atoms. The predicted octanol–water partition coefficient (Wildman–Crippen LogP) is 12.1. The molecule has 2 amide bonds. The summed E-state index contributed by atoms with van der Waals surface area (Å²) in [5.74, 6) is -1.40. The molecule has 1 atom stereocenters. The number of fused-ring (bicyclic) bond motifs is 1. The van der Waals surface area contributed by atoms with Crippen molar-refractivity contribution in [2.24, 2.45) is 5.41 Å². The summed E-state index contributed by atoms with van der Waals surface area (Å²) in [5, 5.41) is 13.3. The third-order valence-electron chi connectivity index (χ3n) is 13.7. The number of hydrogen-bond donors (Lipinski definition) is 3. The standard InChI is InChI=1S/C55H67ClN6O9S2/c1-13-54(7,8)38-29-42(55(9,10)14-2)47-46(30-38)59-51(70-47)37(32-57)28-35-21-23-41(25-33(35)3)62(40-17-15-16-18-40)52(65)71-48(49(63)53(4,5)6)50(64)58-45-27-34(19-24-43(45)56)26-36-20-22-39(60-72(11,66)67)31-44(36)61-73(12,68)69/h19-25,27-31,40,48,60-61H,13-18,26H2,1-12H3,(H,58,64)/b37-28+. The molecule has 15 nitrogen and oxygen atoms in total. The molecular formula is C55H67ClN6O9S2. The van der Waals surface area contributed by atoms with Gasteiger partial charge in [0.15, 0.2) is 11.4 Å². The summed E-state index contributed by atoms with van der Waals surface area (Å²) in [5.41, 5.74) is 5.55. The number of aryl methyl sites for hydroxylation is 1. The van der Waals surface area contributed by atoms with Crippen LogP contribution in [0.15, 0.2) is 71.1 Å². The molecule has 4 aromatic carbocycles. The zero-order valence-corrected chi connectivity index (χ0v) is 46.1. The smallest absolute Gasteiger partial charge is 0.415 e. The molecule has 0 radical (unpaired) electrons. The Labute approximate surface area is 435 Å². The number of allylic oxidation sites excluding steroid dienone is 1. The summed E-state index contributed by atoms with van der Waals surface area (Å²) in [7, 11) is -7.46. The molecule has 0 saturated heterocycles. The summed E-state index contributed by atoms with van der Waals surface area (Å²) in [4.78, 5) is 49.3. The highest BCUT2D eigenvalue weighted by molar-refractivity contribution is 7.92. The summed E-state index contributed by atoms with van der Waals surface area (Å²) < 4.78 is 65.6. The minimum absolute atomic E-state index is 0.0943. The number of ether oxygens (including phenoxy) is 1. The fourth-order valence-corrected chi connectivity index (χ4v) is 9.92. The number of hydrogen-bond acceptors (Lipinski definition) is 11. The van der Waals surface area contributed by atoms with Crippen molar-refractivity contribution in [3.63, 3.8) is 0 Å². The number of benzene rings is 4. The van der Waals surface area contributed by atoms with Crippen molar-refractivity contribution < 1.29 is 40.4 Å². The highest BCUT2D eigenvalue weighted by Gasteiger charge is 2.41. The zero-order valence-electron chi connectivity index (χ0n) is 43.7. The second kappa shape index (κ2) is 21.7. The molecule has 0 aliphatic heterocycles. The molecule has 5 aromatic rings. The van der Waals surface area contributed by atoms with E-state index < -0.39 is 49.3 Å². The molecule has 1 unspecified atom stereocenters. The van der Waals surface area contributed by atoms with E-state index in [1.54, 1.807) is 57.2 Å². The number of rotatable bonds is 18. The van der Waals surface area contributed by atoms with Crippen molar-refractivity contribution in [2.45, 2.75) is 137 Å². The molecule has 1 aliphatic rings. The SMILES string of the molecule is CCC(C)(C)c1cc(C(C)(C)CC)c2oc(/C(C#N)=C/c3ccc(N(C(=O)OC(C(=O)Nc4cc(Cc5ccc(NS(C)(=O)=O)cc5NS(C)(=O)=O)ccc4Cl)C(=O)C(C)(C)C)C4CCCC4)cc3C)nc2c1. The average molecular weight is 1060 g/mol. The first-order valence-corrected chi connectivity index (χ1v) is 28.5. The topological polar surface area (TPSA) is 218 Å². The van der Waals surface area contributed by atoms with Crippen LogP contribution in [0.2, 0.25) is 5.02 Å². The van der Waals surface area contributed by atoms with E-state index in [2.05, 4.69) is 74.5 Å². The Bertz CT molecular complexity index is 3250. The number of amides is 2. The van der Waals surface area contributed by atoms with Gasteiger partial charge in [0.25, 0.3) is 5.91 Å². The van der Waals surface area contributed by atoms with Gasteiger partial charge in [0.1, 0.15) is 17.2 Å². The van der Waals surface area contributed by atoms with Crippen molar-refractivity contribution >= 4 is 94.9 Å². The summed E-state index contributed by atoms with van der Waals surface area (Å²) in [6.07, 6.45) is 5.77. The number of aromatic nitrogens is 1. The first-order valence-electron chi connectivity index (χ1n) is 24.3. The van der Waals surface area contributed by atoms with Crippen molar-refractivity contribution in [1.29, 1.82) is 5.26 Å². The van der Waals surface area contributed by atoms with Gasteiger partial charge < -0.3 is 14.5 Å². The Hall–Kier alpha value is -6.22. The van der Waals surface area contributed by atoms with E-state index >= 15 is 0 Å². The third-order valence-corrected chi connectivity index (χ3v) is 15.2. The molecule has 1 heterocycles. The van der Waals surface area contributed by atoms with Crippen molar-refractivity contribution in [3.8, 4) is 6.07 Å². The van der Waals surface area contributed by atoms with E-state index in [4.69, 9.17) is 25.7 Å². The van der Waals surface area contributed by atoms with E-state index in [1.807, 2.05) is 13.0 Å². The van der Waals surface area contributed by atoms with Gasteiger partial charge in [-0.25, -0.2) is 26.6 Å². The predicted molar refractivity (Wildman–Crippen MR) is 291 cm³/mol. The lowest BCUT2D eigenvalue weighted by atomic mass is 9.76. The molecule has 1 aromatic heterocycles. The molecule has 18 heteroatoms. The van der Waals surface area contributed by atoms with Crippen molar-refractivity contribution in [3.05, 3.63) is 111 Å². The van der Waals surface area contributed by atoms with Gasteiger partial charge in [-0.1, -0.05) is 111 Å². The van der Waals surface area contributed by atoms with Gasteiger partial charge in [-0.2, -0.15) is 5.26 Å². The number of sulfonamides is 2. The lowest BCUT2D eigenvalue weighted by Crippen LogP contribution is -2.48. The van der Waals surface area contributed by atoms with Crippen LogP contribution in [-0.2, 0) is 51.6 Å². The molecular weight excluding hydrogens is 988 g/mol. The van der Waals surface area contributed by atoms with E-state index in [1.165, 1.54) is 23.1 Å². The van der Waals surface area contributed by atoms with Crippen molar-refractivity contribution in [1.82, 2.24) is 4.98 Å². The van der Waals surface area contributed by atoms with Gasteiger partial charge in [0.2, 0.25) is 32.0 Å². The monoisotopic (exact) mass is 1050 g/mol. The number of nitriles is 1. The Morgan fingerprint density at radius 1 is 0.877 bits per heavy atom. The van der Waals surface area contributed by atoms with Crippen LogP contribution in [0.4, 0.5) is 27.5 Å². The van der Waals surface area contributed by atoms with Crippen LogP contribution in [-0.4, -0.2) is 64.3 Å². The Kier molecular flexibility index (Phi) is 16.7. The molecule has 73 heavy (non-hydrogen) atoms. The van der Waals surface area contributed by atoms with Crippen LogP contribution < -0.4 is 19.7 Å². The summed E-state index contributed by atoms with van der Waals surface area (Å²) in [6.45, 7) is 19.8. The van der Waals surface area contributed by atoms with Crippen LogP contribution in [0, 0.1) is 23.7 Å². The maximum atomic E-state index is 14.6. The van der Waals surface area contributed by atoms with Crippen LogP contribution in [0.5, 0.6) is 0 Å². The minimum Gasteiger partial charge on any atom is -0.435 e. The number of ketones is 1. The number of anilines is 4. The van der Waals surface area contributed by atoms with Gasteiger partial charge in [0.05, 0.1) is 34.6 Å². The Morgan fingerprint density at radius 3 is 2.12 bits per heavy atom. The van der Waals surface area contributed by atoms with E-state index in [0.717, 1.165) is 54.9 Å². The highest BCUT2D eigenvalue weighted by Crippen LogP contribution is 2.40. The lowest BCUT2D eigenvalue weighted by Gasteiger charge is -2.31. The third kappa shape index (κ3) is 13.7. The maximum absolute atomic E-state index is 14.6. The number of halogens is 1. The average Bonchev–Trinajstić information content (AvgIpc) is 3.99. The molecule has 1 saturated carbocycles. The fourth-order valence-electron chi connectivity index (χ4n) is 8.61. The first-order chi connectivity index (χ1) is 33.9. The molecule has 1 fully saturated rings. The Balaban J connectivity index is 1.30. The Morgan fingerprint density at radius 2 is 1.53 bits per heavy atom. The van der Waals surface area contributed by atoms with Crippen LogP contribution in [0.3, 0.4) is 0 Å². The van der Waals surface area contributed by atoms with E-state index in [-0.39, 0.29) is 56.8 Å². The second-order valence-electron chi connectivity index (χ2n) is 21.4. The number of nitrogens with zero attached hydrogens (tertiary/aromatic N) is 3.